The van der Waals surface area contributed by atoms with E-state index in [2.05, 4.69) is 17.3 Å². The largest absolute Gasteiger partial charge is 0.438 e. The minimum Gasteiger partial charge on any atom is -0.438 e. The number of hydrogen-bond acceptors (Lipinski definition) is 7. The number of nitrogens with two attached hydrogens (primary N) is 1. The molecule has 248 valence electrons. The fraction of sp³-hybridized carbons (Fsp3) is 0.571. The van der Waals surface area contributed by atoms with Crippen LogP contribution in [0, 0.1) is 11.8 Å². The standard InChI is InChI=1S/C35H46ClN5O5/c1-3-24-20-23(21-28(36)31(24)37)22-30(32(42)40-16-10-26(11-17-40)25-8-14-39(2)15-9-25)45-34(44)41-18-12-35(13-19-41)27-6-4-5-7-29(27)38-33(43)46-35/h4-7,20-21,25-26,30H,3,8-19,22,37H2,1-2H3,(H,38,43)/t30-/m1/s1. The number of nitrogen functional groups attached to an aromatic ring is 1. The fourth-order valence-corrected chi connectivity index (χ4v) is 8.07. The monoisotopic (exact) mass is 651 g/mol. The van der Waals surface area contributed by atoms with Gasteiger partial charge in [0.1, 0.15) is 5.60 Å². The molecule has 0 unspecified atom stereocenters. The van der Waals surface area contributed by atoms with Crippen LogP contribution >= 0.6 is 11.6 Å². The van der Waals surface area contributed by atoms with Crippen molar-refractivity contribution in [2.75, 3.05) is 57.4 Å². The van der Waals surface area contributed by atoms with Gasteiger partial charge in [-0.1, -0.05) is 42.8 Å². The summed E-state index contributed by atoms with van der Waals surface area (Å²) in [6, 6.07) is 11.3. The highest BCUT2D eigenvalue weighted by Gasteiger charge is 2.46. The van der Waals surface area contributed by atoms with E-state index in [0.29, 0.717) is 68.0 Å². The summed E-state index contributed by atoms with van der Waals surface area (Å²) in [6.45, 7) is 6.26. The molecule has 2 aromatic carbocycles. The number of anilines is 2. The molecule has 1 spiro atoms. The van der Waals surface area contributed by atoms with Crippen molar-refractivity contribution in [1.82, 2.24) is 14.7 Å². The van der Waals surface area contributed by atoms with Gasteiger partial charge in [0, 0.05) is 51.0 Å². The Balaban J connectivity index is 1.15. The second-order valence-corrected chi connectivity index (χ2v) is 13.8. The molecule has 0 saturated carbocycles. The van der Waals surface area contributed by atoms with Crippen LogP contribution in [-0.4, -0.2) is 85.2 Å². The number of ether oxygens (including phenoxy) is 2. The predicted molar refractivity (Wildman–Crippen MR) is 178 cm³/mol. The van der Waals surface area contributed by atoms with Crippen LogP contribution in [0.5, 0.6) is 0 Å². The molecular weight excluding hydrogens is 606 g/mol. The van der Waals surface area contributed by atoms with E-state index in [0.717, 1.165) is 48.3 Å². The molecular formula is C35H46ClN5O5. The Morgan fingerprint density at radius 1 is 1.02 bits per heavy atom. The number of hydrogen-bond donors (Lipinski definition) is 2. The SMILES string of the molecule is CCc1cc(C[C@@H](OC(=O)N2CCC3(CC2)OC(=O)Nc2ccccc23)C(=O)N2CCC(C3CCN(C)CC3)CC2)cc(Cl)c1N. The molecule has 3 N–H and O–H groups in total. The molecule has 3 fully saturated rings. The van der Waals surface area contributed by atoms with Gasteiger partial charge in [-0.05, 0) is 87.3 Å². The van der Waals surface area contributed by atoms with Crippen molar-refractivity contribution in [2.45, 2.75) is 70.0 Å². The van der Waals surface area contributed by atoms with Gasteiger partial charge in [0.25, 0.3) is 5.91 Å². The van der Waals surface area contributed by atoms with E-state index in [4.69, 9.17) is 26.8 Å². The maximum Gasteiger partial charge on any atom is 0.412 e. The van der Waals surface area contributed by atoms with Crippen molar-refractivity contribution in [3.63, 3.8) is 0 Å². The lowest BCUT2D eigenvalue weighted by Gasteiger charge is -2.44. The molecule has 11 heteroatoms. The van der Waals surface area contributed by atoms with Crippen LogP contribution < -0.4 is 11.1 Å². The van der Waals surface area contributed by atoms with Crippen LogP contribution in [0.2, 0.25) is 5.02 Å². The van der Waals surface area contributed by atoms with Crippen LogP contribution in [0.3, 0.4) is 0 Å². The molecule has 6 rings (SSSR count). The molecule has 0 bridgehead atoms. The van der Waals surface area contributed by atoms with Crippen molar-refractivity contribution < 1.29 is 23.9 Å². The molecule has 3 amide bonds. The highest BCUT2D eigenvalue weighted by molar-refractivity contribution is 6.33. The van der Waals surface area contributed by atoms with Crippen molar-refractivity contribution in [1.29, 1.82) is 0 Å². The number of piperidine rings is 3. The molecule has 2 aromatic rings. The number of fused-ring (bicyclic) bond motifs is 2. The van der Waals surface area contributed by atoms with Gasteiger partial charge in [-0.3, -0.25) is 10.1 Å². The highest BCUT2D eigenvalue weighted by atomic mass is 35.5. The fourth-order valence-electron chi connectivity index (χ4n) is 7.81. The smallest absolute Gasteiger partial charge is 0.412 e. The van der Waals surface area contributed by atoms with E-state index in [9.17, 15) is 14.4 Å². The molecule has 0 radical (unpaired) electrons. The summed E-state index contributed by atoms with van der Waals surface area (Å²) >= 11 is 6.47. The lowest BCUT2D eigenvalue weighted by Crippen LogP contribution is -2.52. The number of halogens is 1. The summed E-state index contributed by atoms with van der Waals surface area (Å²) in [7, 11) is 2.18. The first-order chi connectivity index (χ1) is 22.2. The minimum absolute atomic E-state index is 0.170. The molecule has 1 atom stereocenters. The number of rotatable bonds is 6. The normalized spacial score (nSPS) is 21.3. The zero-order valence-electron chi connectivity index (χ0n) is 26.9. The molecule has 10 nitrogen and oxygen atoms in total. The van der Waals surface area contributed by atoms with E-state index >= 15 is 0 Å². The lowest BCUT2D eigenvalue weighted by molar-refractivity contribution is -0.143. The highest BCUT2D eigenvalue weighted by Crippen LogP contribution is 2.43. The Kier molecular flexibility index (Phi) is 9.66. The van der Waals surface area contributed by atoms with Gasteiger partial charge in [0.15, 0.2) is 6.10 Å². The number of carbonyl (C=O) groups excluding carboxylic acids is 3. The van der Waals surface area contributed by atoms with Gasteiger partial charge in [-0.25, -0.2) is 9.59 Å². The second kappa shape index (κ2) is 13.7. The summed E-state index contributed by atoms with van der Waals surface area (Å²) < 4.78 is 11.9. The van der Waals surface area contributed by atoms with Crippen LogP contribution in [-0.2, 0) is 32.7 Å². The maximum atomic E-state index is 14.1. The molecule has 4 aliphatic rings. The van der Waals surface area contributed by atoms with Crippen molar-refractivity contribution >= 4 is 41.1 Å². The van der Waals surface area contributed by atoms with Crippen LogP contribution in [0.1, 0.15) is 62.1 Å². The zero-order valence-corrected chi connectivity index (χ0v) is 27.7. The van der Waals surface area contributed by atoms with Crippen LogP contribution in [0.15, 0.2) is 36.4 Å². The van der Waals surface area contributed by atoms with Crippen molar-refractivity contribution in [2.24, 2.45) is 11.8 Å². The van der Waals surface area contributed by atoms with E-state index in [1.54, 1.807) is 11.0 Å². The first kappa shape index (κ1) is 32.4. The maximum absolute atomic E-state index is 14.1. The Bertz CT molecular complexity index is 1440. The number of aryl methyl sites for hydroxylation is 1. The third kappa shape index (κ3) is 6.79. The second-order valence-electron chi connectivity index (χ2n) is 13.4. The first-order valence-corrected chi connectivity index (χ1v) is 17.1. The van der Waals surface area contributed by atoms with Gasteiger partial charge in [0.05, 0.1) is 16.4 Å². The Labute approximate surface area is 276 Å². The zero-order chi connectivity index (χ0) is 32.4. The van der Waals surface area contributed by atoms with Crippen molar-refractivity contribution in [3.05, 3.63) is 58.1 Å². The van der Waals surface area contributed by atoms with E-state index in [1.165, 1.54) is 12.8 Å². The summed E-state index contributed by atoms with van der Waals surface area (Å²) in [5, 5.41) is 3.20. The average Bonchev–Trinajstić information content (AvgIpc) is 3.06. The molecule has 4 heterocycles. The predicted octanol–water partition coefficient (Wildman–Crippen LogP) is 5.67. The van der Waals surface area contributed by atoms with Gasteiger partial charge in [-0.2, -0.15) is 0 Å². The molecule has 0 aliphatic carbocycles. The van der Waals surface area contributed by atoms with E-state index < -0.39 is 23.9 Å². The quantitative estimate of drug-likeness (QED) is 0.387. The van der Waals surface area contributed by atoms with Gasteiger partial charge in [0.2, 0.25) is 0 Å². The van der Waals surface area contributed by atoms with Gasteiger partial charge < -0.3 is 29.9 Å². The Morgan fingerprint density at radius 2 is 1.67 bits per heavy atom. The molecule has 4 aliphatic heterocycles. The topological polar surface area (TPSA) is 117 Å². The number of carbonyl (C=O) groups is 3. The molecule has 0 aromatic heterocycles. The van der Waals surface area contributed by atoms with Crippen LogP contribution in [0.25, 0.3) is 0 Å². The first-order valence-electron chi connectivity index (χ1n) is 16.7. The van der Waals surface area contributed by atoms with Crippen molar-refractivity contribution in [3.8, 4) is 0 Å². The van der Waals surface area contributed by atoms with Crippen LogP contribution in [0.4, 0.5) is 21.0 Å². The average molecular weight is 652 g/mol. The third-order valence-electron chi connectivity index (χ3n) is 10.6. The van der Waals surface area contributed by atoms with E-state index in [-0.39, 0.29) is 12.3 Å². The number of nitrogens with one attached hydrogen (secondary N) is 1. The van der Waals surface area contributed by atoms with Gasteiger partial charge >= 0.3 is 12.2 Å². The Morgan fingerprint density at radius 3 is 2.35 bits per heavy atom. The number of para-hydroxylation sites is 1. The summed E-state index contributed by atoms with van der Waals surface area (Å²) in [4.78, 5) is 46.0. The summed E-state index contributed by atoms with van der Waals surface area (Å²) in [5.41, 5.74) is 9.26. The lowest BCUT2D eigenvalue weighted by atomic mass is 9.79. The number of benzene rings is 2. The molecule has 3 saturated heterocycles. The summed E-state index contributed by atoms with van der Waals surface area (Å²) in [6.07, 6.45) is 4.11. The number of amides is 3. The van der Waals surface area contributed by atoms with E-state index in [1.807, 2.05) is 42.2 Å². The summed E-state index contributed by atoms with van der Waals surface area (Å²) in [5.74, 6) is 1.16. The number of nitrogens with zero attached hydrogens (tertiary/aromatic N) is 3. The van der Waals surface area contributed by atoms with Gasteiger partial charge in [-0.15, -0.1) is 0 Å². The number of likely N-dealkylation sites (tertiary alicyclic amines) is 3. The molecule has 46 heavy (non-hydrogen) atoms. The third-order valence-corrected chi connectivity index (χ3v) is 11.0. The minimum atomic E-state index is -0.995. The Hall–Kier alpha value is -3.50.